The van der Waals surface area contributed by atoms with Crippen molar-refractivity contribution >= 4 is 30.9 Å². The van der Waals surface area contributed by atoms with Crippen LogP contribution in [-0.4, -0.2) is 35.4 Å². The van der Waals surface area contributed by atoms with Crippen molar-refractivity contribution in [2.75, 3.05) is 11.9 Å². The van der Waals surface area contributed by atoms with Crippen molar-refractivity contribution in [3.63, 3.8) is 0 Å². The van der Waals surface area contributed by atoms with Gasteiger partial charge in [0.25, 0.3) is 0 Å². The predicted octanol–water partition coefficient (Wildman–Crippen LogP) is 5.11. The number of hydrogen-bond donors (Lipinski definition) is 2. The van der Waals surface area contributed by atoms with E-state index in [0.717, 1.165) is 22.7 Å². The van der Waals surface area contributed by atoms with Crippen LogP contribution in [0, 0.1) is 0 Å². The van der Waals surface area contributed by atoms with E-state index < -0.39 is 14.2 Å². The van der Waals surface area contributed by atoms with Crippen molar-refractivity contribution in [1.82, 2.24) is 9.55 Å². The van der Waals surface area contributed by atoms with Gasteiger partial charge < -0.3 is 14.4 Å². The average Bonchev–Trinajstić information content (AvgIpc) is 2.98. The maximum absolute atomic E-state index is 11.1. The summed E-state index contributed by atoms with van der Waals surface area (Å²) < 4.78 is 7.97. The van der Waals surface area contributed by atoms with Crippen LogP contribution in [0.15, 0.2) is 48.7 Å². The highest BCUT2D eigenvalue weighted by atomic mass is 28.3. The number of hydrogen-bond acceptors (Lipinski definition) is 3. The minimum atomic E-state index is -1.16. The van der Waals surface area contributed by atoms with Crippen molar-refractivity contribution in [3.05, 3.63) is 48.7 Å². The molecule has 0 bridgehead atoms. The first-order valence-corrected chi connectivity index (χ1v) is 12.7. The second-order valence-corrected chi connectivity index (χ2v) is 13.3. The molecule has 2 heterocycles. The van der Waals surface area contributed by atoms with E-state index in [9.17, 15) is 4.79 Å². The SMILES string of the molecule is C[Si](C)(C)CCOCn1c(-c2ccccc2)cc2c(NC(=O)O)ccnc21. The summed E-state index contributed by atoms with van der Waals surface area (Å²) in [6.45, 7) is 8.05. The molecule has 0 aliphatic carbocycles. The van der Waals surface area contributed by atoms with Crippen LogP contribution < -0.4 is 5.32 Å². The van der Waals surface area contributed by atoms with E-state index in [1.54, 1.807) is 12.3 Å². The number of nitrogens with zero attached hydrogens (tertiary/aromatic N) is 2. The number of aromatic nitrogens is 2. The fraction of sp³-hybridized carbons (Fsp3) is 0.300. The lowest BCUT2D eigenvalue weighted by molar-refractivity contribution is 0.0909. The topological polar surface area (TPSA) is 76.4 Å². The first-order valence-electron chi connectivity index (χ1n) is 8.96. The van der Waals surface area contributed by atoms with E-state index >= 15 is 0 Å². The zero-order valence-electron chi connectivity index (χ0n) is 15.9. The number of carboxylic acid groups (broad SMARTS) is 1. The highest BCUT2D eigenvalue weighted by Crippen LogP contribution is 2.31. The second kappa shape index (κ2) is 7.94. The third kappa shape index (κ3) is 4.75. The van der Waals surface area contributed by atoms with Crippen LogP contribution in [0.1, 0.15) is 0 Å². The standard InChI is InChI=1S/C20H25N3O3Si/c1-27(2,3)12-11-26-14-23-18(15-7-5-4-6-8-15)13-16-17(22-20(24)25)9-10-21-19(16)23/h4-10,13H,11-12,14H2,1-3H3,(H,21,22)(H,24,25). The van der Waals surface area contributed by atoms with Gasteiger partial charge in [0.15, 0.2) is 0 Å². The first-order chi connectivity index (χ1) is 12.8. The summed E-state index contributed by atoms with van der Waals surface area (Å²) in [6.07, 6.45) is 0.518. The van der Waals surface area contributed by atoms with Gasteiger partial charge in [-0.25, -0.2) is 9.78 Å². The molecular weight excluding hydrogens is 358 g/mol. The summed E-state index contributed by atoms with van der Waals surface area (Å²) in [5.41, 5.74) is 3.20. The van der Waals surface area contributed by atoms with Crippen LogP contribution in [0.5, 0.6) is 0 Å². The lowest BCUT2D eigenvalue weighted by Gasteiger charge is -2.16. The molecule has 0 unspecified atom stereocenters. The molecule has 3 rings (SSSR count). The van der Waals surface area contributed by atoms with E-state index in [1.807, 2.05) is 41.0 Å². The van der Waals surface area contributed by atoms with Gasteiger partial charge >= 0.3 is 6.09 Å². The Morgan fingerprint density at radius 1 is 1.22 bits per heavy atom. The number of benzene rings is 1. The Kier molecular flexibility index (Phi) is 5.62. The average molecular weight is 384 g/mol. The van der Waals surface area contributed by atoms with Gasteiger partial charge in [0, 0.05) is 26.3 Å². The Bertz CT molecular complexity index is 933. The molecule has 0 radical (unpaired) electrons. The van der Waals surface area contributed by atoms with Crippen molar-refractivity contribution < 1.29 is 14.6 Å². The van der Waals surface area contributed by atoms with Crippen LogP contribution in [0.3, 0.4) is 0 Å². The molecule has 2 N–H and O–H groups in total. The van der Waals surface area contributed by atoms with Crippen molar-refractivity contribution in [1.29, 1.82) is 0 Å². The highest BCUT2D eigenvalue weighted by molar-refractivity contribution is 6.76. The normalized spacial score (nSPS) is 11.7. The van der Waals surface area contributed by atoms with Crippen molar-refractivity contribution in [3.8, 4) is 11.3 Å². The van der Waals surface area contributed by atoms with Gasteiger partial charge in [-0.1, -0.05) is 50.0 Å². The lowest BCUT2D eigenvalue weighted by atomic mass is 10.1. The molecule has 0 aliphatic rings. The Labute approximate surface area is 159 Å². The molecule has 3 aromatic rings. The molecule has 7 heteroatoms. The highest BCUT2D eigenvalue weighted by Gasteiger charge is 2.16. The van der Waals surface area contributed by atoms with E-state index in [1.165, 1.54) is 0 Å². The molecule has 0 atom stereocenters. The molecule has 2 aromatic heterocycles. The fourth-order valence-corrected chi connectivity index (χ4v) is 3.64. The maximum atomic E-state index is 11.1. The van der Waals surface area contributed by atoms with Gasteiger partial charge in [-0.05, 0) is 23.7 Å². The maximum Gasteiger partial charge on any atom is 0.409 e. The number of fused-ring (bicyclic) bond motifs is 1. The first kappa shape index (κ1) is 19.1. The zero-order chi connectivity index (χ0) is 19.4. The molecule has 142 valence electrons. The number of ether oxygens (including phenoxy) is 1. The minimum Gasteiger partial charge on any atom is -0.465 e. The number of rotatable bonds is 7. The van der Waals surface area contributed by atoms with E-state index in [-0.39, 0.29) is 0 Å². The fourth-order valence-electron chi connectivity index (χ4n) is 2.89. The largest absolute Gasteiger partial charge is 0.465 e. The van der Waals surface area contributed by atoms with Gasteiger partial charge in [-0.15, -0.1) is 0 Å². The number of anilines is 1. The predicted molar refractivity (Wildman–Crippen MR) is 111 cm³/mol. The second-order valence-electron chi connectivity index (χ2n) is 7.70. The van der Waals surface area contributed by atoms with E-state index in [4.69, 9.17) is 9.84 Å². The summed E-state index contributed by atoms with van der Waals surface area (Å²) in [5, 5.41) is 12.3. The zero-order valence-corrected chi connectivity index (χ0v) is 16.9. The summed E-state index contributed by atoms with van der Waals surface area (Å²) in [5.74, 6) is 0. The number of carbonyl (C=O) groups is 1. The number of pyridine rings is 1. The Balaban J connectivity index is 1.99. The van der Waals surface area contributed by atoms with Gasteiger partial charge in [0.05, 0.1) is 11.4 Å². The van der Waals surface area contributed by atoms with E-state index in [2.05, 4.69) is 29.9 Å². The molecule has 0 spiro atoms. The molecule has 0 fully saturated rings. The van der Waals surface area contributed by atoms with Gasteiger partial charge in [0.1, 0.15) is 12.4 Å². The molecule has 1 aromatic carbocycles. The van der Waals surface area contributed by atoms with Gasteiger partial charge in [0.2, 0.25) is 0 Å². The summed E-state index contributed by atoms with van der Waals surface area (Å²) in [7, 11) is -1.16. The van der Waals surface area contributed by atoms with Crippen LogP contribution >= 0.6 is 0 Å². The molecular formula is C20H25N3O3Si. The smallest absolute Gasteiger partial charge is 0.409 e. The summed E-state index contributed by atoms with van der Waals surface area (Å²) >= 11 is 0. The van der Waals surface area contributed by atoms with Gasteiger partial charge in [-0.2, -0.15) is 0 Å². The van der Waals surface area contributed by atoms with Crippen LogP contribution in [0.4, 0.5) is 10.5 Å². The molecule has 0 saturated heterocycles. The summed E-state index contributed by atoms with van der Waals surface area (Å²) in [4.78, 5) is 15.6. The van der Waals surface area contributed by atoms with Crippen LogP contribution in [0.2, 0.25) is 25.7 Å². The van der Waals surface area contributed by atoms with Crippen LogP contribution in [-0.2, 0) is 11.5 Å². The lowest BCUT2D eigenvalue weighted by Crippen LogP contribution is -2.22. The molecule has 0 aliphatic heterocycles. The van der Waals surface area contributed by atoms with E-state index in [0.29, 0.717) is 24.7 Å². The summed E-state index contributed by atoms with van der Waals surface area (Å²) in [6, 6.07) is 14.7. The quantitative estimate of drug-likeness (QED) is 0.439. The van der Waals surface area contributed by atoms with Gasteiger partial charge in [-0.3, -0.25) is 5.32 Å². The number of nitrogens with one attached hydrogen (secondary N) is 1. The Hall–Kier alpha value is -2.64. The van der Waals surface area contributed by atoms with Crippen molar-refractivity contribution in [2.45, 2.75) is 32.4 Å². The molecule has 1 amide bonds. The third-order valence-electron chi connectivity index (χ3n) is 4.32. The molecule has 6 nitrogen and oxygen atoms in total. The number of amides is 1. The monoisotopic (exact) mass is 383 g/mol. The minimum absolute atomic E-state index is 0.377. The Morgan fingerprint density at radius 3 is 2.63 bits per heavy atom. The molecule has 27 heavy (non-hydrogen) atoms. The Morgan fingerprint density at radius 2 is 1.96 bits per heavy atom. The molecule has 0 saturated carbocycles. The third-order valence-corrected chi connectivity index (χ3v) is 6.03. The van der Waals surface area contributed by atoms with Crippen LogP contribution in [0.25, 0.3) is 22.3 Å². The van der Waals surface area contributed by atoms with Crippen molar-refractivity contribution in [2.24, 2.45) is 0 Å².